The van der Waals surface area contributed by atoms with Crippen LogP contribution in [0.25, 0.3) is 0 Å². The highest BCUT2D eigenvalue weighted by atomic mass is 16.5. The van der Waals surface area contributed by atoms with Gasteiger partial charge in [0.1, 0.15) is 6.10 Å². The first-order chi connectivity index (χ1) is 10.2. The summed E-state index contributed by atoms with van der Waals surface area (Å²) >= 11 is 0. The van der Waals surface area contributed by atoms with E-state index in [9.17, 15) is 4.79 Å². The molecule has 3 saturated carbocycles. The maximum atomic E-state index is 11.2. The molecule has 2 nitrogen and oxygen atoms in total. The summed E-state index contributed by atoms with van der Waals surface area (Å²) < 4.78 is 5.54. The molecule has 0 spiro atoms. The van der Waals surface area contributed by atoms with Crippen molar-refractivity contribution in [3.63, 3.8) is 0 Å². The molecule has 3 fully saturated rings. The SMILES string of the molecule is CC(=O)OC1CC2CCC3C4CCCC=C4CCC3C2C1. The largest absolute Gasteiger partial charge is 0.463 e. The van der Waals surface area contributed by atoms with E-state index in [-0.39, 0.29) is 12.1 Å². The summed E-state index contributed by atoms with van der Waals surface area (Å²) in [6.45, 7) is 1.56. The van der Waals surface area contributed by atoms with Crippen molar-refractivity contribution in [2.24, 2.45) is 29.6 Å². The zero-order valence-electron chi connectivity index (χ0n) is 13.2. The molecule has 0 heterocycles. The second-order valence-electron chi connectivity index (χ2n) is 7.89. The van der Waals surface area contributed by atoms with Gasteiger partial charge in [-0.3, -0.25) is 4.79 Å². The highest BCUT2D eigenvalue weighted by Gasteiger charge is 2.49. The fraction of sp³-hybridized carbons (Fsp3) is 0.842. The highest BCUT2D eigenvalue weighted by molar-refractivity contribution is 5.66. The quantitative estimate of drug-likeness (QED) is 0.525. The molecule has 0 amide bonds. The van der Waals surface area contributed by atoms with Gasteiger partial charge in [0.2, 0.25) is 0 Å². The second kappa shape index (κ2) is 5.44. The van der Waals surface area contributed by atoms with Crippen LogP contribution in [0, 0.1) is 29.6 Å². The monoisotopic (exact) mass is 288 g/mol. The summed E-state index contributed by atoms with van der Waals surface area (Å²) in [6.07, 6.45) is 14.8. The third-order valence-electron chi connectivity index (χ3n) is 6.89. The van der Waals surface area contributed by atoms with E-state index in [1.54, 1.807) is 12.5 Å². The van der Waals surface area contributed by atoms with Crippen molar-refractivity contribution in [2.45, 2.75) is 70.8 Å². The van der Waals surface area contributed by atoms with Gasteiger partial charge in [-0.15, -0.1) is 0 Å². The topological polar surface area (TPSA) is 26.3 Å². The van der Waals surface area contributed by atoms with E-state index >= 15 is 0 Å². The number of ether oxygens (including phenoxy) is 1. The lowest BCUT2D eigenvalue weighted by molar-refractivity contribution is -0.146. The van der Waals surface area contributed by atoms with Gasteiger partial charge >= 0.3 is 5.97 Å². The van der Waals surface area contributed by atoms with E-state index in [2.05, 4.69) is 6.08 Å². The van der Waals surface area contributed by atoms with E-state index in [1.807, 2.05) is 0 Å². The molecule has 0 radical (unpaired) electrons. The number of allylic oxidation sites excluding steroid dienone is 2. The lowest BCUT2D eigenvalue weighted by Crippen LogP contribution is -2.40. The minimum atomic E-state index is -0.0867. The molecular formula is C19H28O2. The summed E-state index contributed by atoms with van der Waals surface area (Å²) in [5.74, 6) is 4.37. The first-order valence-corrected chi connectivity index (χ1v) is 9.08. The number of rotatable bonds is 1. The number of carbonyl (C=O) groups is 1. The van der Waals surface area contributed by atoms with E-state index in [0.717, 1.165) is 42.4 Å². The van der Waals surface area contributed by atoms with E-state index in [1.165, 1.54) is 44.9 Å². The second-order valence-corrected chi connectivity index (χ2v) is 7.89. The van der Waals surface area contributed by atoms with E-state index in [4.69, 9.17) is 4.74 Å². The number of hydrogen-bond donors (Lipinski definition) is 0. The van der Waals surface area contributed by atoms with E-state index in [0.29, 0.717) is 0 Å². The summed E-state index contributed by atoms with van der Waals surface area (Å²) in [6, 6.07) is 0. The Morgan fingerprint density at radius 1 is 1.10 bits per heavy atom. The molecule has 0 aromatic heterocycles. The van der Waals surface area contributed by atoms with Gasteiger partial charge in [-0.25, -0.2) is 0 Å². The van der Waals surface area contributed by atoms with Crippen LogP contribution < -0.4 is 0 Å². The van der Waals surface area contributed by atoms with Crippen molar-refractivity contribution in [1.29, 1.82) is 0 Å². The Morgan fingerprint density at radius 2 is 2.00 bits per heavy atom. The predicted octanol–water partition coefficient (Wildman–Crippen LogP) is 4.49. The molecule has 116 valence electrons. The summed E-state index contributed by atoms with van der Waals surface area (Å²) in [5, 5.41) is 0. The fourth-order valence-corrected chi connectivity index (χ4v) is 6.23. The lowest BCUT2D eigenvalue weighted by Gasteiger charge is -2.49. The molecule has 2 heteroatoms. The standard InChI is InChI=1S/C19H28O2/c1-12(20)21-15-10-14-7-9-17-16-5-3-2-4-13(16)6-8-18(17)19(14)11-15/h4,14-19H,2-3,5-11H2,1H3. The predicted molar refractivity (Wildman–Crippen MR) is 82.6 cm³/mol. The van der Waals surface area contributed by atoms with Crippen molar-refractivity contribution in [3.05, 3.63) is 11.6 Å². The summed E-state index contributed by atoms with van der Waals surface area (Å²) in [5.41, 5.74) is 1.80. The Kier molecular flexibility index (Phi) is 3.59. The van der Waals surface area contributed by atoms with Crippen molar-refractivity contribution in [1.82, 2.24) is 0 Å². The number of hydrogen-bond acceptors (Lipinski definition) is 2. The molecule has 21 heavy (non-hydrogen) atoms. The number of carbonyl (C=O) groups excluding carboxylic acids is 1. The average molecular weight is 288 g/mol. The van der Waals surface area contributed by atoms with Crippen LogP contribution in [0.5, 0.6) is 0 Å². The fourth-order valence-electron chi connectivity index (χ4n) is 6.23. The number of esters is 1. The molecule has 4 aliphatic carbocycles. The number of fused-ring (bicyclic) bond motifs is 5. The van der Waals surface area contributed by atoms with Crippen LogP contribution in [0.1, 0.15) is 64.7 Å². The van der Waals surface area contributed by atoms with Crippen LogP contribution in [0.4, 0.5) is 0 Å². The Balaban J connectivity index is 1.50. The van der Waals surface area contributed by atoms with Gasteiger partial charge < -0.3 is 4.74 Å². The van der Waals surface area contributed by atoms with Crippen LogP contribution >= 0.6 is 0 Å². The smallest absolute Gasteiger partial charge is 0.302 e. The molecule has 0 N–H and O–H groups in total. The highest BCUT2D eigenvalue weighted by Crippen LogP contribution is 2.57. The molecule has 0 bridgehead atoms. The molecule has 0 aromatic carbocycles. The van der Waals surface area contributed by atoms with E-state index < -0.39 is 0 Å². The minimum absolute atomic E-state index is 0.0867. The van der Waals surface area contributed by atoms with Gasteiger partial charge in [-0.1, -0.05) is 11.6 Å². The lowest BCUT2D eigenvalue weighted by atomic mass is 9.56. The minimum Gasteiger partial charge on any atom is -0.463 e. The van der Waals surface area contributed by atoms with Gasteiger partial charge in [0.05, 0.1) is 0 Å². The molecule has 0 aliphatic heterocycles. The van der Waals surface area contributed by atoms with Crippen molar-refractivity contribution in [2.75, 3.05) is 0 Å². The Labute approximate surface area is 128 Å². The maximum Gasteiger partial charge on any atom is 0.302 e. The normalized spacial score (nSPS) is 45.1. The van der Waals surface area contributed by atoms with Crippen LogP contribution in [0.15, 0.2) is 11.6 Å². The van der Waals surface area contributed by atoms with Gasteiger partial charge in [0.15, 0.2) is 0 Å². The Hall–Kier alpha value is -0.790. The third kappa shape index (κ3) is 2.45. The molecule has 6 unspecified atom stereocenters. The Morgan fingerprint density at radius 3 is 2.86 bits per heavy atom. The molecule has 0 saturated heterocycles. The average Bonchev–Trinajstić information content (AvgIpc) is 2.88. The summed E-state index contributed by atoms with van der Waals surface area (Å²) in [4.78, 5) is 11.2. The van der Waals surface area contributed by atoms with Crippen LogP contribution in [-0.2, 0) is 9.53 Å². The molecule has 4 rings (SSSR count). The third-order valence-corrected chi connectivity index (χ3v) is 6.89. The van der Waals surface area contributed by atoms with Gasteiger partial charge in [0.25, 0.3) is 0 Å². The van der Waals surface area contributed by atoms with Crippen molar-refractivity contribution >= 4 is 5.97 Å². The van der Waals surface area contributed by atoms with Crippen molar-refractivity contribution in [3.8, 4) is 0 Å². The van der Waals surface area contributed by atoms with Gasteiger partial charge in [-0.2, -0.15) is 0 Å². The first-order valence-electron chi connectivity index (χ1n) is 9.08. The first kappa shape index (κ1) is 13.8. The van der Waals surface area contributed by atoms with Gasteiger partial charge in [0, 0.05) is 6.92 Å². The molecule has 4 aliphatic rings. The zero-order chi connectivity index (χ0) is 14.4. The van der Waals surface area contributed by atoms with Crippen LogP contribution in [-0.4, -0.2) is 12.1 Å². The summed E-state index contributed by atoms with van der Waals surface area (Å²) in [7, 11) is 0. The molecular weight excluding hydrogens is 260 g/mol. The molecule has 0 aromatic rings. The molecule has 6 atom stereocenters. The Bertz CT molecular complexity index is 452. The van der Waals surface area contributed by atoms with Gasteiger partial charge in [-0.05, 0) is 87.4 Å². The maximum absolute atomic E-state index is 11.2. The van der Waals surface area contributed by atoms with Crippen molar-refractivity contribution < 1.29 is 9.53 Å². The van der Waals surface area contributed by atoms with Crippen LogP contribution in [0.3, 0.4) is 0 Å². The van der Waals surface area contributed by atoms with Crippen LogP contribution in [0.2, 0.25) is 0 Å². The zero-order valence-corrected chi connectivity index (χ0v) is 13.2.